The first-order valence-corrected chi connectivity index (χ1v) is 13.3. The lowest BCUT2D eigenvalue weighted by molar-refractivity contribution is -0.122. The summed E-state index contributed by atoms with van der Waals surface area (Å²) in [6.45, 7) is 0. The van der Waals surface area contributed by atoms with Crippen LogP contribution in [0.2, 0.25) is 0 Å². The van der Waals surface area contributed by atoms with Crippen molar-refractivity contribution in [1.82, 2.24) is 0 Å². The van der Waals surface area contributed by atoms with Gasteiger partial charge in [-0.05, 0) is 61.9 Å². The van der Waals surface area contributed by atoms with Crippen LogP contribution in [0.1, 0.15) is 33.5 Å². The summed E-state index contributed by atoms with van der Waals surface area (Å²) in [5, 5.41) is 2.13. The third-order valence-corrected chi connectivity index (χ3v) is 8.77. The Bertz CT molecular complexity index is 1870. The third-order valence-electron chi connectivity index (χ3n) is 8.77. The van der Waals surface area contributed by atoms with Gasteiger partial charge in [0.15, 0.2) is 5.78 Å². The van der Waals surface area contributed by atoms with E-state index in [4.69, 9.17) is 0 Å². The van der Waals surface area contributed by atoms with Crippen LogP contribution in [-0.4, -0.2) is 11.6 Å². The van der Waals surface area contributed by atoms with Gasteiger partial charge in [-0.15, -0.1) is 0 Å². The maximum Gasteiger partial charge on any atom is 0.194 e. The fourth-order valence-electron chi connectivity index (χ4n) is 7.06. The van der Waals surface area contributed by atoms with Gasteiger partial charge in [0.1, 0.15) is 5.78 Å². The van der Waals surface area contributed by atoms with E-state index >= 15 is 0 Å². The number of benzene rings is 4. The van der Waals surface area contributed by atoms with Crippen LogP contribution in [0.15, 0.2) is 115 Å². The molecule has 0 spiro atoms. The molecule has 4 aromatic carbocycles. The molecule has 4 aliphatic carbocycles. The fraction of sp³-hybridized carbons (Fsp3) is 0.111. The molecule has 1 saturated carbocycles. The van der Waals surface area contributed by atoms with Crippen LogP contribution in [-0.2, 0) is 4.79 Å². The number of fused-ring (bicyclic) bond motifs is 5. The molecule has 0 saturated heterocycles. The maximum atomic E-state index is 14.0. The van der Waals surface area contributed by atoms with Crippen LogP contribution in [0.3, 0.4) is 0 Å². The maximum absolute atomic E-state index is 14.0. The molecule has 1 fully saturated rings. The Labute approximate surface area is 221 Å². The summed E-state index contributed by atoms with van der Waals surface area (Å²) in [5.41, 5.74) is 9.18. The number of ketones is 2. The van der Waals surface area contributed by atoms with Crippen molar-refractivity contribution in [1.29, 1.82) is 0 Å². The van der Waals surface area contributed by atoms with Gasteiger partial charge in [-0.2, -0.15) is 0 Å². The Morgan fingerprint density at radius 1 is 0.632 bits per heavy atom. The van der Waals surface area contributed by atoms with Crippen LogP contribution < -0.4 is 10.4 Å². The lowest BCUT2D eigenvalue weighted by Gasteiger charge is -2.27. The van der Waals surface area contributed by atoms with Gasteiger partial charge in [-0.1, -0.05) is 109 Å². The molecule has 8 rings (SSSR count). The molecular weight excluding hydrogens is 464 g/mol. The van der Waals surface area contributed by atoms with Crippen molar-refractivity contribution < 1.29 is 9.59 Å². The van der Waals surface area contributed by atoms with Crippen LogP contribution >= 0.6 is 0 Å². The Balaban J connectivity index is 1.32. The molecule has 0 N–H and O–H groups in total. The number of hydrogen-bond acceptors (Lipinski definition) is 2. The van der Waals surface area contributed by atoms with Crippen molar-refractivity contribution in [2.75, 3.05) is 0 Å². The lowest BCUT2D eigenvalue weighted by Crippen LogP contribution is -2.42. The molecule has 180 valence electrons. The highest BCUT2D eigenvalue weighted by Crippen LogP contribution is 2.48. The standard InChI is InChI=1S/C36H24O2/c37-35-28-13-7-12-27-33-26-17-15-24(22-10-5-2-6-11-22)19-31(26)36(38)32(33)20-29(34(27)28)25-16-14-23(18-30(25)35)21-8-3-1-4-9-21/h1-19,26,31-32H,20H2. The van der Waals surface area contributed by atoms with Crippen LogP contribution in [0.4, 0.5) is 0 Å². The molecule has 0 amide bonds. The van der Waals surface area contributed by atoms with E-state index in [1.165, 1.54) is 5.57 Å². The molecule has 4 aromatic rings. The highest BCUT2D eigenvalue weighted by atomic mass is 16.1. The minimum atomic E-state index is -0.164. The van der Waals surface area contributed by atoms with Crippen LogP contribution in [0, 0.1) is 17.8 Å². The average Bonchev–Trinajstić information content (AvgIpc) is 3.27. The summed E-state index contributed by atoms with van der Waals surface area (Å²) in [6.07, 6.45) is 7.20. The van der Waals surface area contributed by atoms with Crippen LogP contribution in [0.5, 0.6) is 0 Å². The quantitative estimate of drug-likeness (QED) is 0.361. The molecule has 2 nitrogen and oxygen atoms in total. The second-order valence-corrected chi connectivity index (χ2v) is 10.7. The number of hydrogen-bond donors (Lipinski definition) is 0. The molecule has 38 heavy (non-hydrogen) atoms. The van der Waals surface area contributed by atoms with Crippen molar-refractivity contribution >= 4 is 28.3 Å². The summed E-state index contributed by atoms with van der Waals surface area (Å²) in [5.74, 6) is 0.0930. The van der Waals surface area contributed by atoms with E-state index in [1.54, 1.807) is 0 Å². The van der Waals surface area contributed by atoms with Gasteiger partial charge in [-0.25, -0.2) is 0 Å². The SMILES string of the molecule is O=C1c2cc(-c3ccccc3)ccc2C2=c3c1cccc3=C1C(C2)C(=O)C2C=C(c3ccccc3)C=CC12. The Kier molecular flexibility index (Phi) is 4.51. The lowest BCUT2D eigenvalue weighted by atomic mass is 9.74. The first kappa shape index (κ1) is 21.5. The monoisotopic (exact) mass is 488 g/mol. The van der Waals surface area contributed by atoms with E-state index in [2.05, 4.69) is 60.7 Å². The van der Waals surface area contributed by atoms with Gasteiger partial charge in [0.2, 0.25) is 0 Å². The number of rotatable bonds is 2. The Morgan fingerprint density at radius 2 is 1.39 bits per heavy atom. The second-order valence-electron chi connectivity index (χ2n) is 10.7. The van der Waals surface area contributed by atoms with Gasteiger partial charge in [0.25, 0.3) is 0 Å². The predicted molar refractivity (Wildman–Crippen MR) is 151 cm³/mol. The Morgan fingerprint density at radius 3 is 2.18 bits per heavy atom. The second kappa shape index (κ2) is 7.97. The first-order valence-electron chi connectivity index (χ1n) is 13.3. The van der Waals surface area contributed by atoms with E-state index in [0.717, 1.165) is 55.0 Å². The molecule has 2 heteroatoms. The molecular formula is C36H24O2. The zero-order valence-electron chi connectivity index (χ0n) is 20.7. The van der Waals surface area contributed by atoms with Crippen molar-refractivity contribution in [3.05, 3.63) is 148 Å². The van der Waals surface area contributed by atoms with Gasteiger partial charge in [0.05, 0.1) is 0 Å². The van der Waals surface area contributed by atoms with Crippen molar-refractivity contribution in [3.8, 4) is 11.1 Å². The molecule has 3 atom stereocenters. The van der Waals surface area contributed by atoms with Crippen LogP contribution in [0.25, 0.3) is 27.8 Å². The van der Waals surface area contributed by atoms with Gasteiger partial charge in [0, 0.05) is 28.9 Å². The van der Waals surface area contributed by atoms with E-state index < -0.39 is 0 Å². The number of carbonyl (C=O) groups excluding carboxylic acids is 2. The molecule has 0 bridgehead atoms. The van der Waals surface area contributed by atoms with Gasteiger partial charge in [-0.3, -0.25) is 9.59 Å². The summed E-state index contributed by atoms with van der Waals surface area (Å²) >= 11 is 0. The average molecular weight is 489 g/mol. The summed E-state index contributed by atoms with van der Waals surface area (Å²) in [6, 6.07) is 32.7. The predicted octanol–water partition coefficient (Wildman–Crippen LogP) is 5.74. The molecule has 0 aromatic heterocycles. The highest BCUT2D eigenvalue weighted by molar-refractivity contribution is 6.16. The zero-order chi connectivity index (χ0) is 25.4. The van der Waals surface area contributed by atoms with E-state index in [0.29, 0.717) is 12.2 Å². The fourth-order valence-corrected chi connectivity index (χ4v) is 7.06. The van der Waals surface area contributed by atoms with E-state index in [1.807, 2.05) is 54.6 Å². The van der Waals surface area contributed by atoms with Gasteiger partial charge >= 0.3 is 0 Å². The number of Topliss-reactive ketones (excluding diaryl/α,β-unsaturated/α-hetero) is 1. The largest absolute Gasteiger partial charge is 0.298 e. The van der Waals surface area contributed by atoms with E-state index in [9.17, 15) is 9.59 Å². The molecule has 0 heterocycles. The zero-order valence-corrected chi connectivity index (χ0v) is 20.7. The normalized spacial score (nSPS) is 22.4. The summed E-state index contributed by atoms with van der Waals surface area (Å²) in [4.78, 5) is 27.8. The van der Waals surface area contributed by atoms with E-state index in [-0.39, 0.29) is 23.5 Å². The minimum Gasteiger partial charge on any atom is -0.298 e. The molecule has 3 unspecified atom stereocenters. The number of allylic oxidation sites excluding steroid dienone is 4. The third kappa shape index (κ3) is 2.95. The topological polar surface area (TPSA) is 34.1 Å². The van der Waals surface area contributed by atoms with Gasteiger partial charge < -0.3 is 0 Å². The minimum absolute atomic E-state index is 0.0463. The van der Waals surface area contributed by atoms with Crippen molar-refractivity contribution in [2.45, 2.75) is 6.42 Å². The number of carbonyl (C=O) groups is 2. The highest BCUT2D eigenvalue weighted by Gasteiger charge is 2.47. The summed E-state index contributed by atoms with van der Waals surface area (Å²) < 4.78 is 0. The van der Waals surface area contributed by atoms with Crippen molar-refractivity contribution in [2.24, 2.45) is 17.8 Å². The Hall–Kier alpha value is -4.56. The molecule has 0 aliphatic heterocycles. The molecule has 0 radical (unpaired) electrons. The molecule has 4 aliphatic rings. The smallest absolute Gasteiger partial charge is 0.194 e. The summed E-state index contributed by atoms with van der Waals surface area (Å²) in [7, 11) is 0. The van der Waals surface area contributed by atoms with Crippen molar-refractivity contribution in [3.63, 3.8) is 0 Å². The first-order chi connectivity index (χ1) is 18.7.